The Morgan fingerprint density at radius 2 is 1.83 bits per heavy atom. The summed E-state index contributed by atoms with van der Waals surface area (Å²) < 4.78 is 27.4. The number of fused-ring (bicyclic) bond motifs is 1. The van der Waals surface area contributed by atoms with Crippen LogP contribution in [0.2, 0.25) is 0 Å². The Hall–Kier alpha value is -2.72. The standard InChI is InChI=1S/C14H12N4O4S2/c1-17-10-6-2-4-8-12(10)23-14(17)15-16-24(21,22)13-9-5-3-7-11(13)18(19)20/h2-9,16H,1H3. The molecule has 1 heterocycles. The minimum atomic E-state index is -4.15. The smallest absolute Gasteiger partial charge is 0.289 e. The van der Waals surface area contributed by atoms with Crippen LogP contribution in [0, 0.1) is 10.1 Å². The van der Waals surface area contributed by atoms with Crippen LogP contribution in [0.5, 0.6) is 0 Å². The summed E-state index contributed by atoms with van der Waals surface area (Å²) in [5, 5.41) is 14.9. The molecule has 24 heavy (non-hydrogen) atoms. The number of para-hydroxylation sites is 2. The van der Waals surface area contributed by atoms with Gasteiger partial charge in [0.15, 0.2) is 4.90 Å². The van der Waals surface area contributed by atoms with Crippen molar-refractivity contribution >= 4 is 37.3 Å². The monoisotopic (exact) mass is 364 g/mol. The summed E-state index contributed by atoms with van der Waals surface area (Å²) in [6.07, 6.45) is 0. The first-order chi connectivity index (χ1) is 11.4. The summed E-state index contributed by atoms with van der Waals surface area (Å²) in [5.41, 5.74) is 0.409. The second-order valence-electron chi connectivity index (χ2n) is 4.84. The van der Waals surface area contributed by atoms with E-state index in [1.165, 1.54) is 29.5 Å². The Bertz CT molecular complexity index is 1100. The van der Waals surface area contributed by atoms with Gasteiger partial charge in [-0.05, 0) is 18.2 Å². The van der Waals surface area contributed by atoms with Gasteiger partial charge in [0.2, 0.25) is 4.80 Å². The molecular weight excluding hydrogens is 352 g/mol. The molecule has 3 rings (SSSR count). The minimum absolute atomic E-state index is 0.428. The first kappa shape index (κ1) is 16.1. The lowest BCUT2D eigenvalue weighted by molar-refractivity contribution is -0.387. The minimum Gasteiger partial charge on any atom is -0.318 e. The van der Waals surface area contributed by atoms with E-state index in [1.54, 1.807) is 11.6 Å². The fourth-order valence-corrected chi connectivity index (χ4v) is 4.19. The maximum absolute atomic E-state index is 12.3. The molecule has 0 saturated carbocycles. The molecule has 8 nitrogen and oxygen atoms in total. The van der Waals surface area contributed by atoms with Crippen LogP contribution in [-0.2, 0) is 17.1 Å². The SMILES string of the molecule is Cn1c(=NNS(=O)(=O)c2ccccc2[N+](=O)[O-])sc2ccccc21. The van der Waals surface area contributed by atoms with Crippen molar-refractivity contribution < 1.29 is 13.3 Å². The second kappa shape index (κ2) is 6.06. The van der Waals surface area contributed by atoms with E-state index < -0.39 is 25.5 Å². The number of sulfonamides is 1. The van der Waals surface area contributed by atoms with Gasteiger partial charge in [-0.3, -0.25) is 10.1 Å². The van der Waals surface area contributed by atoms with Crippen LogP contribution in [0.15, 0.2) is 58.5 Å². The van der Waals surface area contributed by atoms with Crippen molar-refractivity contribution in [2.75, 3.05) is 0 Å². The highest BCUT2D eigenvalue weighted by molar-refractivity contribution is 7.89. The van der Waals surface area contributed by atoms with Crippen LogP contribution in [0.25, 0.3) is 10.2 Å². The lowest BCUT2D eigenvalue weighted by Crippen LogP contribution is -2.24. The van der Waals surface area contributed by atoms with Crippen molar-refractivity contribution in [3.05, 3.63) is 63.4 Å². The number of aromatic nitrogens is 1. The average molecular weight is 364 g/mol. The van der Waals surface area contributed by atoms with E-state index in [9.17, 15) is 18.5 Å². The van der Waals surface area contributed by atoms with Gasteiger partial charge in [-0.15, -0.1) is 5.10 Å². The number of nitro benzene ring substituents is 1. The zero-order valence-corrected chi connectivity index (χ0v) is 14.0. The quantitative estimate of drug-likeness (QED) is 0.564. The Morgan fingerprint density at radius 1 is 1.17 bits per heavy atom. The highest BCUT2D eigenvalue weighted by atomic mass is 32.2. The number of hydrogen-bond donors (Lipinski definition) is 1. The summed E-state index contributed by atoms with van der Waals surface area (Å²) in [6.45, 7) is 0. The summed E-state index contributed by atoms with van der Waals surface area (Å²) in [7, 11) is -2.39. The molecule has 0 radical (unpaired) electrons. The molecule has 124 valence electrons. The van der Waals surface area contributed by atoms with Crippen molar-refractivity contribution in [1.82, 2.24) is 9.40 Å². The molecule has 0 amide bonds. The van der Waals surface area contributed by atoms with Crippen molar-refractivity contribution in [3.8, 4) is 0 Å². The predicted octanol–water partition coefficient (Wildman–Crippen LogP) is 1.94. The van der Waals surface area contributed by atoms with Gasteiger partial charge in [-0.25, -0.2) is 0 Å². The van der Waals surface area contributed by atoms with E-state index in [0.717, 1.165) is 16.3 Å². The number of nitro groups is 1. The molecule has 3 aromatic rings. The van der Waals surface area contributed by atoms with Gasteiger partial charge >= 0.3 is 0 Å². The molecule has 0 spiro atoms. The van der Waals surface area contributed by atoms with Gasteiger partial charge in [0.25, 0.3) is 15.7 Å². The summed E-state index contributed by atoms with van der Waals surface area (Å²) in [6, 6.07) is 12.7. The van der Waals surface area contributed by atoms with Gasteiger partial charge in [0.05, 0.1) is 15.1 Å². The van der Waals surface area contributed by atoms with Gasteiger partial charge in [-0.1, -0.05) is 35.6 Å². The molecule has 0 aliphatic rings. The lowest BCUT2D eigenvalue weighted by atomic mass is 10.3. The van der Waals surface area contributed by atoms with Gasteiger partial charge in [-0.2, -0.15) is 13.2 Å². The van der Waals surface area contributed by atoms with Crippen molar-refractivity contribution in [3.63, 3.8) is 0 Å². The third kappa shape index (κ3) is 2.88. The highest BCUT2D eigenvalue weighted by Crippen LogP contribution is 2.22. The largest absolute Gasteiger partial charge is 0.318 e. The normalized spacial score (nSPS) is 12.5. The molecule has 0 aliphatic carbocycles. The predicted molar refractivity (Wildman–Crippen MR) is 89.8 cm³/mol. The maximum atomic E-state index is 12.3. The van der Waals surface area contributed by atoms with Crippen LogP contribution in [0.1, 0.15) is 0 Å². The van der Waals surface area contributed by atoms with Gasteiger partial charge in [0, 0.05) is 13.1 Å². The van der Waals surface area contributed by atoms with E-state index in [2.05, 4.69) is 9.93 Å². The van der Waals surface area contributed by atoms with Crippen LogP contribution in [-0.4, -0.2) is 17.9 Å². The molecule has 0 atom stereocenters. The van der Waals surface area contributed by atoms with E-state index in [-0.39, 0.29) is 0 Å². The summed E-state index contributed by atoms with van der Waals surface area (Å²) >= 11 is 1.31. The van der Waals surface area contributed by atoms with E-state index in [4.69, 9.17) is 0 Å². The van der Waals surface area contributed by atoms with Gasteiger partial charge < -0.3 is 4.57 Å². The lowest BCUT2D eigenvalue weighted by Gasteiger charge is -2.03. The van der Waals surface area contributed by atoms with Gasteiger partial charge in [0.1, 0.15) is 0 Å². The van der Waals surface area contributed by atoms with Crippen molar-refractivity contribution in [1.29, 1.82) is 0 Å². The van der Waals surface area contributed by atoms with Crippen molar-refractivity contribution in [2.45, 2.75) is 4.90 Å². The molecular formula is C14H12N4O4S2. The number of hydrogen-bond acceptors (Lipinski definition) is 6. The van der Waals surface area contributed by atoms with E-state index in [0.29, 0.717) is 4.80 Å². The topological polar surface area (TPSA) is 107 Å². The number of nitrogens with one attached hydrogen (secondary N) is 1. The Morgan fingerprint density at radius 3 is 2.54 bits per heavy atom. The zero-order chi connectivity index (χ0) is 17.3. The number of thiazole rings is 1. The number of aryl methyl sites for hydroxylation is 1. The van der Waals surface area contributed by atoms with E-state index >= 15 is 0 Å². The molecule has 10 heteroatoms. The van der Waals surface area contributed by atoms with Crippen LogP contribution < -0.4 is 9.63 Å². The molecule has 1 aromatic heterocycles. The first-order valence-electron chi connectivity index (χ1n) is 6.73. The molecule has 0 saturated heterocycles. The average Bonchev–Trinajstić information content (AvgIpc) is 2.90. The highest BCUT2D eigenvalue weighted by Gasteiger charge is 2.24. The van der Waals surface area contributed by atoms with Crippen molar-refractivity contribution in [2.24, 2.45) is 12.1 Å². The Kier molecular flexibility index (Phi) is 4.08. The molecule has 0 unspecified atom stereocenters. The Balaban J connectivity index is 2.04. The fraction of sp³-hybridized carbons (Fsp3) is 0.0714. The maximum Gasteiger partial charge on any atom is 0.289 e. The summed E-state index contributed by atoms with van der Waals surface area (Å²) in [5.74, 6) is 0. The third-order valence-corrected chi connectivity index (χ3v) is 5.70. The fourth-order valence-electron chi connectivity index (χ4n) is 2.17. The third-order valence-electron chi connectivity index (χ3n) is 3.33. The summed E-state index contributed by atoms with van der Waals surface area (Å²) in [4.78, 5) is 12.3. The first-order valence-corrected chi connectivity index (χ1v) is 9.03. The van der Waals surface area contributed by atoms with Crippen LogP contribution in [0.3, 0.4) is 0 Å². The molecule has 2 aromatic carbocycles. The molecule has 0 bridgehead atoms. The molecule has 0 aliphatic heterocycles. The molecule has 0 fully saturated rings. The van der Waals surface area contributed by atoms with Crippen LogP contribution >= 0.6 is 11.3 Å². The molecule has 1 N–H and O–H groups in total. The van der Waals surface area contributed by atoms with Crippen LogP contribution in [0.4, 0.5) is 5.69 Å². The number of nitrogens with zero attached hydrogens (tertiary/aromatic N) is 3. The zero-order valence-electron chi connectivity index (χ0n) is 12.4. The van der Waals surface area contributed by atoms with E-state index in [1.807, 2.05) is 24.3 Å². The number of rotatable bonds is 4. The second-order valence-corrected chi connectivity index (χ2v) is 7.48. The Labute approximate surface area is 140 Å². The number of benzene rings is 2.